The number of carbonyl (C=O) groups is 4. The molecule has 0 bridgehead atoms. The van der Waals surface area contributed by atoms with Gasteiger partial charge < -0.3 is 26.8 Å². The molecule has 6 N–H and O–H groups in total. The molecular formula is C13H24N4O5. The Labute approximate surface area is 129 Å². The topological polar surface area (TPSA) is 154 Å². The zero-order valence-corrected chi connectivity index (χ0v) is 13.1. The summed E-state index contributed by atoms with van der Waals surface area (Å²) >= 11 is 0. The van der Waals surface area contributed by atoms with Crippen molar-refractivity contribution in [1.29, 1.82) is 0 Å². The van der Waals surface area contributed by atoms with Gasteiger partial charge in [-0.2, -0.15) is 0 Å². The number of hydrogen-bond acceptors (Lipinski definition) is 6. The van der Waals surface area contributed by atoms with Gasteiger partial charge in [-0.1, -0.05) is 0 Å². The van der Waals surface area contributed by atoms with Crippen LogP contribution in [0.15, 0.2) is 0 Å². The van der Waals surface area contributed by atoms with E-state index in [-0.39, 0.29) is 25.9 Å². The average molecular weight is 316 g/mol. The summed E-state index contributed by atoms with van der Waals surface area (Å²) in [5, 5.41) is 4.51. The first kappa shape index (κ1) is 19.8. The number of ether oxygens (including phenoxy) is 1. The molecule has 0 aromatic carbocycles. The molecule has 3 amide bonds. The normalized spacial score (nSPS) is 12.2. The van der Waals surface area contributed by atoms with Crippen molar-refractivity contribution in [3.8, 4) is 0 Å². The van der Waals surface area contributed by atoms with Crippen molar-refractivity contribution in [3.05, 3.63) is 0 Å². The molecule has 9 nitrogen and oxygen atoms in total. The number of rotatable bonds is 8. The van der Waals surface area contributed by atoms with Gasteiger partial charge in [0.15, 0.2) is 0 Å². The second-order valence-electron chi connectivity index (χ2n) is 5.69. The molecule has 1 atom stereocenters. The van der Waals surface area contributed by atoms with Crippen LogP contribution in [0.2, 0.25) is 0 Å². The van der Waals surface area contributed by atoms with Crippen molar-refractivity contribution in [2.45, 2.75) is 45.3 Å². The van der Waals surface area contributed by atoms with Gasteiger partial charge in [0.25, 0.3) is 0 Å². The molecule has 0 saturated heterocycles. The van der Waals surface area contributed by atoms with Crippen molar-refractivity contribution in [3.63, 3.8) is 0 Å². The summed E-state index contributed by atoms with van der Waals surface area (Å²) in [6.45, 7) is 4.58. The number of hydrogen-bond donors (Lipinski definition) is 4. The van der Waals surface area contributed by atoms with E-state index in [4.69, 9.17) is 16.2 Å². The fraction of sp³-hybridized carbons (Fsp3) is 0.692. The summed E-state index contributed by atoms with van der Waals surface area (Å²) in [5.41, 5.74) is 9.87. The van der Waals surface area contributed by atoms with Gasteiger partial charge in [-0.3, -0.25) is 19.2 Å². The molecule has 9 heteroatoms. The number of nitrogens with one attached hydrogen (secondary N) is 2. The van der Waals surface area contributed by atoms with Crippen LogP contribution in [0.4, 0.5) is 0 Å². The number of amides is 3. The number of carbonyl (C=O) groups excluding carboxylic acids is 4. The van der Waals surface area contributed by atoms with Gasteiger partial charge in [-0.05, 0) is 27.2 Å². The standard InChI is InChI=1S/C13H24N4O5/c1-13(2,3)22-11(20)5-4-8(14)12(21)17-7-10(19)16-6-9(15)18/h8H,4-7,14H2,1-3H3,(H2,15,18)(H,16,19)(H,17,21)/t8-/m0/s1. The summed E-state index contributed by atoms with van der Waals surface area (Å²) in [6.07, 6.45) is 0.101. The summed E-state index contributed by atoms with van der Waals surface area (Å²) in [6, 6.07) is -0.934. The minimum atomic E-state index is -0.934. The molecule has 126 valence electrons. The van der Waals surface area contributed by atoms with Gasteiger partial charge in [0.05, 0.1) is 19.1 Å². The van der Waals surface area contributed by atoms with Crippen LogP contribution in [0.1, 0.15) is 33.6 Å². The minimum Gasteiger partial charge on any atom is -0.460 e. The maximum absolute atomic E-state index is 11.6. The van der Waals surface area contributed by atoms with Gasteiger partial charge in [-0.15, -0.1) is 0 Å². The van der Waals surface area contributed by atoms with Gasteiger partial charge in [0, 0.05) is 6.42 Å². The van der Waals surface area contributed by atoms with Crippen LogP contribution >= 0.6 is 0 Å². The van der Waals surface area contributed by atoms with Crippen LogP contribution in [0.5, 0.6) is 0 Å². The van der Waals surface area contributed by atoms with Crippen LogP contribution < -0.4 is 22.1 Å². The summed E-state index contributed by atoms with van der Waals surface area (Å²) < 4.78 is 5.09. The highest BCUT2D eigenvalue weighted by Crippen LogP contribution is 2.09. The van der Waals surface area contributed by atoms with Crippen LogP contribution in [-0.4, -0.2) is 48.4 Å². The predicted molar refractivity (Wildman–Crippen MR) is 78.3 cm³/mol. The van der Waals surface area contributed by atoms with E-state index in [0.29, 0.717) is 0 Å². The summed E-state index contributed by atoms with van der Waals surface area (Å²) in [4.78, 5) is 44.8. The van der Waals surface area contributed by atoms with E-state index in [1.807, 2.05) is 0 Å². The maximum Gasteiger partial charge on any atom is 0.306 e. The van der Waals surface area contributed by atoms with Crippen LogP contribution in [0.25, 0.3) is 0 Å². The molecule has 0 aliphatic rings. The highest BCUT2D eigenvalue weighted by molar-refractivity contribution is 5.89. The van der Waals surface area contributed by atoms with Crippen LogP contribution in [-0.2, 0) is 23.9 Å². The van der Waals surface area contributed by atoms with E-state index in [0.717, 1.165) is 0 Å². The quantitative estimate of drug-likeness (QED) is 0.386. The Morgan fingerprint density at radius 3 is 2.18 bits per heavy atom. The monoisotopic (exact) mass is 316 g/mol. The van der Waals surface area contributed by atoms with E-state index in [2.05, 4.69) is 10.6 Å². The van der Waals surface area contributed by atoms with Crippen molar-refractivity contribution >= 4 is 23.7 Å². The SMILES string of the molecule is CC(C)(C)OC(=O)CC[C@H](N)C(=O)NCC(=O)NCC(N)=O. The lowest BCUT2D eigenvalue weighted by Gasteiger charge is -2.20. The average Bonchev–Trinajstić information content (AvgIpc) is 2.37. The third kappa shape index (κ3) is 10.6. The smallest absolute Gasteiger partial charge is 0.306 e. The fourth-order valence-electron chi connectivity index (χ4n) is 1.34. The predicted octanol–water partition coefficient (Wildman–Crippen LogP) is -1.85. The van der Waals surface area contributed by atoms with Crippen molar-refractivity contribution in [2.75, 3.05) is 13.1 Å². The lowest BCUT2D eigenvalue weighted by molar-refractivity contribution is -0.155. The molecular weight excluding hydrogens is 292 g/mol. The Kier molecular flexibility index (Phi) is 8.10. The third-order valence-electron chi connectivity index (χ3n) is 2.30. The molecule has 22 heavy (non-hydrogen) atoms. The zero-order valence-electron chi connectivity index (χ0n) is 13.1. The van der Waals surface area contributed by atoms with E-state index in [1.54, 1.807) is 20.8 Å². The molecule has 0 fully saturated rings. The first-order valence-corrected chi connectivity index (χ1v) is 6.81. The Morgan fingerprint density at radius 2 is 1.68 bits per heavy atom. The van der Waals surface area contributed by atoms with Crippen LogP contribution in [0.3, 0.4) is 0 Å². The van der Waals surface area contributed by atoms with Crippen molar-refractivity contribution in [1.82, 2.24) is 10.6 Å². The Morgan fingerprint density at radius 1 is 1.09 bits per heavy atom. The Hall–Kier alpha value is -2.16. The number of nitrogens with two attached hydrogens (primary N) is 2. The molecule has 0 aromatic rings. The third-order valence-corrected chi connectivity index (χ3v) is 2.30. The van der Waals surface area contributed by atoms with Crippen LogP contribution in [0, 0.1) is 0 Å². The molecule has 0 rings (SSSR count). The lowest BCUT2D eigenvalue weighted by Crippen LogP contribution is -2.46. The first-order chi connectivity index (χ1) is 10.0. The van der Waals surface area contributed by atoms with E-state index >= 15 is 0 Å². The van der Waals surface area contributed by atoms with Gasteiger partial charge in [0.2, 0.25) is 17.7 Å². The molecule has 0 aliphatic carbocycles. The molecule has 0 heterocycles. The van der Waals surface area contributed by atoms with Crippen molar-refractivity contribution in [2.24, 2.45) is 11.5 Å². The number of esters is 1. The van der Waals surface area contributed by atoms with E-state index in [1.165, 1.54) is 0 Å². The molecule has 0 saturated carbocycles. The molecule has 0 spiro atoms. The summed E-state index contributed by atoms with van der Waals surface area (Å²) in [5.74, 6) is -2.27. The highest BCUT2D eigenvalue weighted by Gasteiger charge is 2.20. The Bertz CT molecular complexity index is 431. The molecule has 0 aliphatic heterocycles. The molecule has 0 radical (unpaired) electrons. The Balaban J connectivity index is 3.99. The number of primary amides is 1. The first-order valence-electron chi connectivity index (χ1n) is 6.81. The lowest BCUT2D eigenvalue weighted by atomic mass is 10.1. The molecule has 0 aromatic heterocycles. The fourth-order valence-corrected chi connectivity index (χ4v) is 1.34. The zero-order chi connectivity index (χ0) is 17.3. The van der Waals surface area contributed by atoms with E-state index < -0.39 is 35.3 Å². The van der Waals surface area contributed by atoms with Gasteiger partial charge >= 0.3 is 5.97 Å². The van der Waals surface area contributed by atoms with Crippen molar-refractivity contribution < 1.29 is 23.9 Å². The second kappa shape index (κ2) is 8.98. The minimum absolute atomic E-state index is 0.000269. The van der Waals surface area contributed by atoms with Gasteiger partial charge in [-0.25, -0.2) is 0 Å². The van der Waals surface area contributed by atoms with Gasteiger partial charge in [0.1, 0.15) is 5.60 Å². The summed E-state index contributed by atoms with van der Waals surface area (Å²) in [7, 11) is 0. The second-order valence-corrected chi connectivity index (χ2v) is 5.69. The maximum atomic E-state index is 11.6. The highest BCUT2D eigenvalue weighted by atomic mass is 16.6. The largest absolute Gasteiger partial charge is 0.460 e. The van der Waals surface area contributed by atoms with E-state index in [9.17, 15) is 19.2 Å². The molecule has 0 unspecified atom stereocenters.